The van der Waals surface area contributed by atoms with Crippen LogP contribution in [-0.2, 0) is 20.2 Å². The molecule has 0 amide bonds. The monoisotopic (exact) mass is 472 g/mol. The average molecular weight is 471 g/mol. The molecule has 0 atom stereocenters. The van der Waals surface area contributed by atoms with E-state index in [-0.39, 0.29) is 46.9 Å². The molecule has 0 aromatic carbocycles. The molecule has 0 aromatic rings. The minimum absolute atomic E-state index is 0. The maximum Gasteiger partial charge on any atom is 3.00 e. The van der Waals surface area contributed by atoms with Gasteiger partial charge >= 0.3 is 57.9 Å². The molecule has 6 nitrogen and oxygen atoms in total. The fourth-order valence-corrected chi connectivity index (χ4v) is 0. The van der Waals surface area contributed by atoms with Crippen molar-refractivity contribution in [2.75, 3.05) is 0 Å². The molecular weight excluding hydrogens is 471 g/mol. The van der Waals surface area contributed by atoms with Crippen molar-refractivity contribution in [1.29, 1.82) is 0 Å². The third kappa shape index (κ3) is 10.5. The Bertz CT molecular complexity index is 374. The fraction of sp³-hybridized carbons (Fsp3) is 1.00. The van der Waals surface area contributed by atoms with Gasteiger partial charge in [0.15, 0.2) is 20.2 Å². The predicted octanol–water partition coefficient (Wildman–Crippen LogP) is 0.103. The van der Waals surface area contributed by atoms with Gasteiger partial charge in [0.2, 0.25) is 0 Å². The summed E-state index contributed by atoms with van der Waals surface area (Å²) >= 11 is 0. The van der Waals surface area contributed by atoms with Crippen LogP contribution in [0.15, 0.2) is 0 Å². The van der Waals surface area contributed by atoms with Gasteiger partial charge in [-0.05, 0) is 0 Å². The summed E-state index contributed by atoms with van der Waals surface area (Å²) < 4.78 is 118. The van der Waals surface area contributed by atoms with Gasteiger partial charge in [0, 0.05) is 0 Å². The number of halogens is 6. The van der Waals surface area contributed by atoms with E-state index in [1.165, 1.54) is 0 Å². The van der Waals surface area contributed by atoms with Crippen LogP contribution >= 0.6 is 0 Å². The Morgan fingerprint density at radius 2 is 0.706 bits per heavy atom. The zero-order valence-corrected chi connectivity index (χ0v) is 10.1. The van der Waals surface area contributed by atoms with Gasteiger partial charge in [-0.1, -0.05) is 0 Å². The number of hydrogen-bond acceptors (Lipinski definition) is 6. The molecular formula is C2F6O6S2Yb+. The third-order valence-corrected chi connectivity index (χ3v) is 1.70. The van der Waals surface area contributed by atoms with E-state index in [4.69, 9.17) is 25.9 Å². The van der Waals surface area contributed by atoms with Crippen LogP contribution in [0.25, 0.3) is 0 Å². The molecule has 0 bridgehead atoms. The molecule has 111 valence electrons. The van der Waals surface area contributed by atoms with E-state index in [9.17, 15) is 26.3 Å². The van der Waals surface area contributed by atoms with Crippen molar-refractivity contribution in [3.05, 3.63) is 0 Å². The smallest absolute Gasteiger partial charge is 0.741 e. The van der Waals surface area contributed by atoms with Crippen LogP contribution in [0, 0.1) is 46.9 Å². The Labute approximate surface area is 129 Å². The first-order chi connectivity index (χ1) is 6.50. The van der Waals surface area contributed by atoms with E-state index in [0.29, 0.717) is 0 Å². The Kier molecular flexibility index (Phi) is 9.36. The molecule has 0 heterocycles. The summed E-state index contributed by atoms with van der Waals surface area (Å²) in [7, 11) is -12.2. The summed E-state index contributed by atoms with van der Waals surface area (Å²) in [4.78, 5) is 0. The van der Waals surface area contributed by atoms with Crippen LogP contribution in [0.5, 0.6) is 0 Å². The first-order valence-corrected chi connectivity index (χ1v) is 5.36. The second-order valence-electron chi connectivity index (χ2n) is 1.80. The molecule has 0 aliphatic rings. The first-order valence-electron chi connectivity index (χ1n) is 2.54. The van der Waals surface area contributed by atoms with Crippen LogP contribution in [0.2, 0.25) is 0 Å². The third-order valence-electron chi connectivity index (χ3n) is 0.567. The molecule has 0 aliphatic heterocycles. The van der Waals surface area contributed by atoms with Gasteiger partial charge in [-0.3, -0.25) is 0 Å². The largest absolute Gasteiger partial charge is 3.00 e. The van der Waals surface area contributed by atoms with Gasteiger partial charge in [0.05, 0.1) is 0 Å². The van der Waals surface area contributed by atoms with Crippen molar-refractivity contribution in [2.45, 2.75) is 11.0 Å². The summed E-state index contributed by atoms with van der Waals surface area (Å²) in [6, 6.07) is 0. The van der Waals surface area contributed by atoms with Crippen molar-refractivity contribution >= 4 is 20.2 Å². The van der Waals surface area contributed by atoms with E-state index in [1.807, 2.05) is 0 Å². The molecule has 0 fully saturated rings. The second-order valence-corrected chi connectivity index (χ2v) is 4.54. The van der Waals surface area contributed by atoms with Gasteiger partial charge in [-0.25, -0.2) is 16.8 Å². The van der Waals surface area contributed by atoms with Crippen molar-refractivity contribution in [2.24, 2.45) is 0 Å². The molecule has 0 N–H and O–H groups in total. The summed E-state index contributed by atoms with van der Waals surface area (Å²) in [6.45, 7) is 0. The number of rotatable bonds is 0. The van der Waals surface area contributed by atoms with E-state index < -0.39 is 31.3 Å². The average Bonchev–Trinajstić information content (AvgIpc) is 1.77. The summed E-state index contributed by atoms with van der Waals surface area (Å²) in [5.41, 5.74) is -11.3. The van der Waals surface area contributed by atoms with E-state index in [1.54, 1.807) is 0 Å². The van der Waals surface area contributed by atoms with Crippen LogP contribution in [0.3, 0.4) is 0 Å². The van der Waals surface area contributed by atoms with Crippen molar-refractivity contribution in [1.82, 2.24) is 0 Å². The standard InChI is InChI=1S/2CHF3O3S.Yb/c2*2-1(3,4)8(5,6)7;/h2*(H,5,6,7);/q;;+3/p-2. The van der Waals surface area contributed by atoms with Crippen molar-refractivity contribution < 1.29 is 99.2 Å². The Morgan fingerprint density at radius 1 is 0.647 bits per heavy atom. The topological polar surface area (TPSA) is 114 Å². The van der Waals surface area contributed by atoms with Crippen molar-refractivity contribution in [3.8, 4) is 0 Å². The normalized spacial score (nSPS) is 13.2. The summed E-state index contributed by atoms with van der Waals surface area (Å²) in [6.07, 6.45) is 0. The Hall–Kier alpha value is 0.919. The second kappa shape index (κ2) is 6.91. The molecule has 15 heteroatoms. The fourth-order valence-electron chi connectivity index (χ4n) is 0. The van der Waals surface area contributed by atoms with E-state index in [2.05, 4.69) is 0 Å². The maximum absolute atomic E-state index is 10.7. The van der Waals surface area contributed by atoms with Crippen molar-refractivity contribution in [3.63, 3.8) is 0 Å². The minimum atomic E-state index is -6.09. The van der Waals surface area contributed by atoms with E-state index >= 15 is 0 Å². The Balaban J connectivity index is -0.000000218. The van der Waals surface area contributed by atoms with Gasteiger partial charge in [-0.2, -0.15) is 26.3 Å². The zero-order chi connectivity index (χ0) is 14.0. The molecule has 0 unspecified atom stereocenters. The molecule has 17 heavy (non-hydrogen) atoms. The number of alkyl halides is 6. The zero-order valence-electron chi connectivity index (χ0n) is 6.80. The summed E-state index contributed by atoms with van der Waals surface area (Å²) in [5.74, 6) is 0. The Morgan fingerprint density at radius 3 is 0.706 bits per heavy atom. The molecule has 0 spiro atoms. The molecule has 1 radical (unpaired) electrons. The quantitative estimate of drug-likeness (QED) is 0.282. The number of hydrogen-bond donors (Lipinski definition) is 0. The summed E-state index contributed by atoms with van der Waals surface area (Å²) in [5, 5.41) is 0. The van der Waals surface area contributed by atoms with Gasteiger partial charge in [0.1, 0.15) is 0 Å². The van der Waals surface area contributed by atoms with Crippen LogP contribution in [0.1, 0.15) is 0 Å². The van der Waals surface area contributed by atoms with Crippen LogP contribution < -0.4 is 0 Å². The molecule has 0 aromatic heterocycles. The van der Waals surface area contributed by atoms with E-state index in [0.717, 1.165) is 0 Å². The predicted molar refractivity (Wildman–Crippen MR) is 31.5 cm³/mol. The van der Waals surface area contributed by atoms with Gasteiger partial charge in [-0.15, -0.1) is 0 Å². The first kappa shape index (κ1) is 23.0. The van der Waals surface area contributed by atoms with Gasteiger partial charge in [0.25, 0.3) is 0 Å². The molecule has 0 saturated heterocycles. The molecule has 0 aliphatic carbocycles. The SMILES string of the molecule is O=S(=O)([O-])C(F)(F)F.O=S(=O)([O-])C(F)(F)F.[Yb+3]. The maximum atomic E-state index is 10.7. The van der Waals surface area contributed by atoms with Crippen LogP contribution in [-0.4, -0.2) is 37.0 Å². The molecule has 0 saturated carbocycles. The van der Waals surface area contributed by atoms with Crippen LogP contribution in [0.4, 0.5) is 26.3 Å². The van der Waals surface area contributed by atoms with Gasteiger partial charge < -0.3 is 9.11 Å². The molecule has 0 rings (SSSR count). The minimum Gasteiger partial charge on any atom is -0.741 e.